The Balaban J connectivity index is 1.29. The molecular formula is C22H27N5O. The van der Waals surface area contributed by atoms with Gasteiger partial charge in [0.15, 0.2) is 0 Å². The number of fused-ring (bicyclic) bond motifs is 1. The molecule has 3 heterocycles. The maximum absolute atomic E-state index is 9.50. The lowest BCUT2D eigenvalue weighted by Gasteiger charge is -2.36. The van der Waals surface area contributed by atoms with Gasteiger partial charge in [0.05, 0.1) is 6.10 Å². The van der Waals surface area contributed by atoms with Gasteiger partial charge >= 0.3 is 0 Å². The summed E-state index contributed by atoms with van der Waals surface area (Å²) in [7, 11) is 0. The van der Waals surface area contributed by atoms with E-state index in [0.717, 1.165) is 37.7 Å². The van der Waals surface area contributed by atoms with Crippen molar-refractivity contribution in [3.05, 3.63) is 53.4 Å². The molecule has 3 aliphatic rings. The molecule has 0 bridgehead atoms. The minimum atomic E-state index is -0.150. The number of aliphatic hydroxyl groups excluding tert-OH is 1. The number of hydrogen-bond donors (Lipinski definition) is 2. The van der Waals surface area contributed by atoms with Gasteiger partial charge in [-0.2, -0.15) is 4.98 Å². The highest BCUT2D eigenvalue weighted by molar-refractivity contribution is 5.58. The van der Waals surface area contributed by atoms with Crippen LogP contribution in [-0.4, -0.2) is 52.3 Å². The molecule has 1 aromatic carbocycles. The number of anilines is 3. The topological polar surface area (TPSA) is 64.5 Å². The molecular weight excluding hydrogens is 350 g/mol. The fourth-order valence-corrected chi connectivity index (χ4v) is 4.43. The molecule has 0 spiro atoms. The van der Waals surface area contributed by atoms with Crippen molar-refractivity contribution >= 4 is 17.5 Å². The minimum Gasteiger partial charge on any atom is -0.390 e. The first-order valence-corrected chi connectivity index (χ1v) is 10.2. The molecule has 5 rings (SSSR count). The number of likely N-dealkylation sites (tertiary alicyclic amines) is 1. The van der Waals surface area contributed by atoms with Crippen molar-refractivity contribution in [1.82, 2.24) is 14.9 Å². The molecule has 2 aromatic rings. The number of nitrogens with one attached hydrogen (secondary N) is 1. The molecule has 1 atom stereocenters. The largest absolute Gasteiger partial charge is 0.390 e. The van der Waals surface area contributed by atoms with Crippen LogP contribution in [0.15, 0.2) is 42.2 Å². The van der Waals surface area contributed by atoms with Crippen molar-refractivity contribution in [2.75, 3.05) is 36.4 Å². The van der Waals surface area contributed by atoms with Gasteiger partial charge in [-0.25, -0.2) is 4.98 Å². The average Bonchev–Trinajstić information content (AvgIpc) is 3.27. The highest BCUT2D eigenvalue weighted by Gasteiger charge is 2.29. The lowest BCUT2D eigenvalue weighted by Crippen LogP contribution is -2.51. The molecule has 1 aliphatic carbocycles. The average molecular weight is 377 g/mol. The molecule has 6 heteroatoms. The van der Waals surface area contributed by atoms with E-state index < -0.39 is 0 Å². The van der Waals surface area contributed by atoms with Crippen molar-refractivity contribution < 1.29 is 5.11 Å². The van der Waals surface area contributed by atoms with Crippen molar-refractivity contribution in [2.45, 2.75) is 32.3 Å². The smallest absolute Gasteiger partial charge is 0.229 e. The lowest BCUT2D eigenvalue weighted by molar-refractivity contribution is 0.00737. The van der Waals surface area contributed by atoms with Gasteiger partial charge in [-0.05, 0) is 60.1 Å². The summed E-state index contributed by atoms with van der Waals surface area (Å²) in [4.78, 5) is 13.7. The van der Waals surface area contributed by atoms with E-state index in [1.54, 1.807) is 0 Å². The number of nitrogens with zero attached hydrogens (tertiary/aromatic N) is 4. The molecule has 1 aromatic heterocycles. The van der Waals surface area contributed by atoms with E-state index in [4.69, 9.17) is 4.98 Å². The molecule has 28 heavy (non-hydrogen) atoms. The normalized spacial score (nSPS) is 22.1. The summed E-state index contributed by atoms with van der Waals surface area (Å²) in [5.74, 6) is 2.04. The van der Waals surface area contributed by atoms with Crippen LogP contribution in [0.1, 0.15) is 24.5 Å². The molecule has 2 N–H and O–H groups in total. The zero-order valence-electron chi connectivity index (χ0n) is 16.3. The van der Waals surface area contributed by atoms with Crippen molar-refractivity contribution in [3.8, 4) is 0 Å². The maximum atomic E-state index is 9.50. The fraction of sp³-hybridized carbons (Fsp3) is 0.455. The Labute approximate surface area is 165 Å². The van der Waals surface area contributed by atoms with E-state index in [2.05, 4.69) is 51.4 Å². The van der Waals surface area contributed by atoms with Crippen LogP contribution in [0.3, 0.4) is 0 Å². The number of aryl methyl sites for hydroxylation is 2. The van der Waals surface area contributed by atoms with Gasteiger partial charge in [-0.3, -0.25) is 4.90 Å². The summed E-state index contributed by atoms with van der Waals surface area (Å²) in [6, 6.07) is 8.54. The Bertz CT molecular complexity index is 906. The Morgan fingerprint density at radius 2 is 2.00 bits per heavy atom. The first-order chi connectivity index (χ1) is 13.6. The van der Waals surface area contributed by atoms with Crippen LogP contribution in [0.25, 0.3) is 0 Å². The number of aromatic nitrogens is 2. The van der Waals surface area contributed by atoms with Crippen LogP contribution in [0.5, 0.6) is 0 Å². The molecule has 146 valence electrons. The minimum absolute atomic E-state index is 0.150. The summed E-state index contributed by atoms with van der Waals surface area (Å²) in [6.45, 7) is 5.69. The summed E-state index contributed by atoms with van der Waals surface area (Å²) >= 11 is 0. The zero-order valence-corrected chi connectivity index (χ0v) is 16.3. The van der Waals surface area contributed by atoms with Crippen LogP contribution in [0.4, 0.5) is 17.5 Å². The molecule has 1 fully saturated rings. The van der Waals surface area contributed by atoms with Gasteiger partial charge in [0.2, 0.25) is 5.95 Å². The Morgan fingerprint density at radius 1 is 1.14 bits per heavy atom. The monoisotopic (exact) mass is 377 g/mol. The number of aliphatic hydroxyl groups is 1. The third-order valence-corrected chi connectivity index (χ3v) is 6.06. The zero-order chi connectivity index (χ0) is 19.1. The molecule has 0 radical (unpaired) electrons. The molecule has 6 nitrogen and oxygen atoms in total. The second kappa shape index (κ2) is 7.18. The first kappa shape index (κ1) is 17.6. The Hall–Kier alpha value is -2.44. The molecule has 1 unspecified atom stereocenters. The second-order valence-corrected chi connectivity index (χ2v) is 8.31. The van der Waals surface area contributed by atoms with Gasteiger partial charge in [-0.15, -0.1) is 0 Å². The van der Waals surface area contributed by atoms with Gasteiger partial charge < -0.3 is 15.3 Å². The van der Waals surface area contributed by atoms with E-state index in [0.29, 0.717) is 11.9 Å². The van der Waals surface area contributed by atoms with Gasteiger partial charge in [-0.1, -0.05) is 13.0 Å². The van der Waals surface area contributed by atoms with E-state index >= 15 is 0 Å². The number of rotatable bonds is 5. The van der Waals surface area contributed by atoms with E-state index in [1.807, 2.05) is 12.3 Å². The predicted octanol–water partition coefficient (Wildman–Crippen LogP) is 2.73. The Kier molecular flexibility index (Phi) is 4.53. The maximum Gasteiger partial charge on any atom is 0.229 e. The SMILES string of the molecule is CC1CN(c2ccnc(Nc3ccc4c(c3)CCC4)n2)C=C1CN1CC(O)C1. The van der Waals surface area contributed by atoms with Crippen molar-refractivity contribution in [1.29, 1.82) is 0 Å². The quantitative estimate of drug-likeness (QED) is 0.835. The molecule has 1 saturated heterocycles. The summed E-state index contributed by atoms with van der Waals surface area (Å²) in [6.07, 6.45) is 7.50. The van der Waals surface area contributed by atoms with Gasteiger partial charge in [0.25, 0.3) is 0 Å². The number of benzene rings is 1. The van der Waals surface area contributed by atoms with Gasteiger partial charge in [0.1, 0.15) is 5.82 Å². The van der Waals surface area contributed by atoms with Gasteiger partial charge in [0, 0.05) is 44.3 Å². The first-order valence-electron chi connectivity index (χ1n) is 10.2. The molecule has 0 saturated carbocycles. The third-order valence-electron chi connectivity index (χ3n) is 6.06. The second-order valence-electron chi connectivity index (χ2n) is 8.31. The standard InChI is InChI=1S/C22H27N5O/c1-15-10-27(12-18(15)11-26-13-20(28)14-26)21-7-8-23-22(25-21)24-19-6-5-16-3-2-4-17(16)9-19/h5-9,12,15,20,28H,2-4,10-11,13-14H2,1H3,(H,23,24,25). The summed E-state index contributed by atoms with van der Waals surface area (Å²) in [5, 5.41) is 12.9. The highest BCUT2D eigenvalue weighted by Crippen LogP contribution is 2.29. The van der Waals surface area contributed by atoms with Crippen molar-refractivity contribution in [2.24, 2.45) is 5.92 Å². The lowest BCUT2D eigenvalue weighted by atomic mass is 10.0. The highest BCUT2D eigenvalue weighted by atomic mass is 16.3. The van der Waals surface area contributed by atoms with E-state index in [-0.39, 0.29) is 6.10 Å². The van der Waals surface area contributed by atoms with Crippen LogP contribution >= 0.6 is 0 Å². The van der Waals surface area contributed by atoms with Crippen LogP contribution < -0.4 is 10.2 Å². The summed E-state index contributed by atoms with van der Waals surface area (Å²) < 4.78 is 0. The Morgan fingerprint density at radius 3 is 2.86 bits per heavy atom. The van der Waals surface area contributed by atoms with Crippen molar-refractivity contribution in [3.63, 3.8) is 0 Å². The van der Waals surface area contributed by atoms with Crippen LogP contribution in [-0.2, 0) is 12.8 Å². The molecule has 2 aliphatic heterocycles. The van der Waals surface area contributed by atoms with Crippen LogP contribution in [0, 0.1) is 5.92 Å². The number of hydrogen-bond acceptors (Lipinski definition) is 6. The van der Waals surface area contributed by atoms with E-state index in [1.165, 1.54) is 36.0 Å². The molecule has 0 amide bonds. The summed E-state index contributed by atoms with van der Waals surface area (Å²) in [5.41, 5.74) is 5.37. The predicted molar refractivity (Wildman–Crippen MR) is 111 cm³/mol. The fourth-order valence-electron chi connectivity index (χ4n) is 4.43. The number of β-amino-alcohol motifs (C(OH)–C–C–N with tert-alkyl or cyclic N) is 1. The van der Waals surface area contributed by atoms with E-state index in [9.17, 15) is 5.11 Å². The van der Waals surface area contributed by atoms with Crippen LogP contribution in [0.2, 0.25) is 0 Å². The third kappa shape index (κ3) is 3.50.